The SMILES string of the molecule is COc1ccc(CN(C(=O)Nc2c(C(C)C)cccc2C(C)C)C(c2ccccc2)c2ccccc2)cc1OC. The lowest BCUT2D eigenvalue weighted by atomic mass is 9.92. The molecule has 0 saturated carbocycles. The number of nitrogens with zero attached hydrogens (tertiary/aromatic N) is 1. The van der Waals surface area contributed by atoms with E-state index in [1.807, 2.05) is 59.5 Å². The summed E-state index contributed by atoms with van der Waals surface area (Å²) in [5.74, 6) is 1.79. The number of carbonyl (C=O) groups is 1. The van der Waals surface area contributed by atoms with Gasteiger partial charge in [-0.15, -0.1) is 0 Å². The first kappa shape index (κ1) is 28.8. The third-order valence-electron chi connectivity index (χ3n) is 7.21. The van der Waals surface area contributed by atoms with Gasteiger partial charge in [-0.05, 0) is 51.8 Å². The number of hydrogen-bond donors (Lipinski definition) is 1. The van der Waals surface area contributed by atoms with Crippen molar-refractivity contribution in [3.8, 4) is 11.5 Å². The number of benzene rings is 4. The normalized spacial score (nSPS) is 11.1. The molecule has 0 aliphatic carbocycles. The van der Waals surface area contributed by atoms with Crippen LogP contribution in [0, 0.1) is 0 Å². The van der Waals surface area contributed by atoms with E-state index in [-0.39, 0.29) is 23.9 Å². The largest absolute Gasteiger partial charge is 0.493 e. The first-order valence-electron chi connectivity index (χ1n) is 13.8. The van der Waals surface area contributed by atoms with Gasteiger partial charge in [0.15, 0.2) is 11.5 Å². The predicted molar refractivity (Wildman–Crippen MR) is 163 cm³/mol. The maximum absolute atomic E-state index is 14.5. The maximum atomic E-state index is 14.5. The van der Waals surface area contributed by atoms with Crippen LogP contribution in [-0.2, 0) is 6.54 Å². The summed E-state index contributed by atoms with van der Waals surface area (Å²) in [6, 6.07) is 32.0. The van der Waals surface area contributed by atoms with E-state index in [2.05, 4.69) is 75.5 Å². The van der Waals surface area contributed by atoms with Crippen LogP contribution < -0.4 is 14.8 Å². The minimum absolute atomic E-state index is 0.164. The van der Waals surface area contributed by atoms with Crippen LogP contribution >= 0.6 is 0 Å². The Morgan fingerprint density at radius 2 is 1.23 bits per heavy atom. The summed E-state index contributed by atoms with van der Waals surface area (Å²) >= 11 is 0. The van der Waals surface area contributed by atoms with Crippen molar-refractivity contribution < 1.29 is 14.3 Å². The van der Waals surface area contributed by atoms with Gasteiger partial charge >= 0.3 is 6.03 Å². The van der Waals surface area contributed by atoms with Crippen molar-refractivity contribution >= 4 is 11.7 Å². The van der Waals surface area contributed by atoms with Crippen molar-refractivity contribution in [3.05, 3.63) is 125 Å². The molecule has 4 aromatic carbocycles. The molecule has 0 heterocycles. The summed E-state index contributed by atoms with van der Waals surface area (Å²) in [6.45, 7) is 9.00. The number of para-hydroxylation sites is 1. The van der Waals surface area contributed by atoms with Crippen molar-refractivity contribution in [1.29, 1.82) is 0 Å². The zero-order valence-electron chi connectivity index (χ0n) is 24.3. The highest BCUT2D eigenvalue weighted by Crippen LogP contribution is 2.36. The molecule has 0 fully saturated rings. The quantitative estimate of drug-likeness (QED) is 0.220. The lowest BCUT2D eigenvalue weighted by Gasteiger charge is -2.34. The van der Waals surface area contributed by atoms with Gasteiger partial charge in [-0.2, -0.15) is 0 Å². The fraction of sp³-hybridized carbons (Fsp3) is 0.286. The van der Waals surface area contributed by atoms with Gasteiger partial charge in [0.05, 0.1) is 20.3 Å². The number of methoxy groups -OCH3 is 2. The van der Waals surface area contributed by atoms with E-state index in [0.29, 0.717) is 18.0 Å². The number of carbonyl (C=O) groups excluding carboxylic acids is 1. The number of nitrogens with one attached hydrogen (secondary N) is 1. The summed E-state index contributed by atoms with van der Waals surface area (Å²) in [4.78, 5) is 16.4. The molecule has 5 nitrogen and oxygen atoms in total. The Morgan fingerprint density at radius 3 is 1.70 bits per heavy atom. The lowest BCUT2D eigenvalue weighted by molar-refractivity contribution is 0.194. The van der Waals surface area contributed by atoms with Crippen molar-refractivity contribution in [1.82, 2.24) is 4.90 Å². The van der Waals surface area contributed by atoms with E-state index in [0.717, 1.165) is 33.5 Å². The second-order valence-electron chi connectivity index (χ2n) is 10.6. The molecule has 2 amide bonds. The molecule has 0 unspecified atom stereocenters. The maximum Gasteiger partial charge on any atom is 0.322 e. The van der Waals surface area contributed by atoms with E-state index in [1.165, 1.54) is 0 Å². The molecular weight excluding hydrogens is 496 g/mol. The van der Waals surface area contributed by atoms with Crippen molar-refractivity contribution in [2.24, 2.45) is 0 Å². The van der Waals surface area contributed by atoms with Gasteiger partial charge in [0, 0.05) is 12.2 Å². The summed E-state index contributed by atoms with van der Waals surface area (Å²) in [6.07, 6.45) is 0. The molecule has 0 bridgehead atoms. The summed E-state index contributed by atoms with van der Waals surface area (Å²) in [5.41, 5.74) is 6.15. The van der Waals surface area contributed by atoms with E-state index in [1.54, 1.807) is 14.2 Å². The zero-order chi connectivity index (χ0) is 28.6. The van der Waals surface area contributed by atoms with E-state index in [9.17, 15) is 4.79 Å². The van der Waals surface area contributed by atoms with Crippen LogP contribution in [0.5, 0.6) is 11.5 Å². The van der Waals surface area contributed by atoms with Gasteiger partial charge in [-0.25, -0.2) is 4.79 Å². The molecule has 0 atom stereocenters. The van der Waals surface area contributed by atoms with E-state index < -0.39 is 0 Å². The molecule has 0 spiro atoms. The van der Waals surface area contributed by atoms with Crippen LogP contribution in [-0.4, -0.2) is 25.2 Å². The van der Waals surface area contributed by atoms with Crippen LogP contribution in [0.25, 0.3) is 0 Å². The standard InChI is InChI=1S/C35H40N2O3/c1-24(2)29-18-13-19-30(25(3)4)33(29)36-35(38)37(23-26-20-21-31(39-5)32(22-26)40-6)34(27-14-9-7-10-15-27)28-16-11-8-12-17-28/h7-22,24-25,34H,23H2,1-6H3,(H,36,38). The lowest BCUT2D eigenvalue weighted by Crippen LogP contribution is -2.38. The minimum Gasteiger partial charge on any atom is -0.493 e. The van der Waals surface area contributed by atoms with Crippen molar-refractivity contribution in [2.75, 3.05) is 19.5 Å². The fourth-order valence-corrected chi connectivity index (χ4v) is 5.15. The second-order valence-corrected chi connectivity index (χ2v) is 10.6. The Bertz CT molecular complexity index is 1340. The number of urea groups is 1. The van der Waals surface area contributed by atoms with Crippen LogP contribution in [0.3, 0.4) is 0 Å². The summed E-state index contributed by atoms with van der Waals surface area (Å²) in [5, 5.41) is 3.36. The summed E-state index contributed by atoms with van der Waals surface area (Å²) in [7, 11) is 3.25. The van der Waals surface area contributed by atoms with Gasteiger partial charge in [0.2, 0.25) is 0 Å². The second kappa shape index (κ2) is 13.2. The molecular formula is C35H40N2O3. The molecule has 0 aliphatic heterocycles. The van der Waals surface area contributed by atoms with Crippen molar-refractivity contribution in [2.45, 2.75) is 52.1 Å². The predicted octanol–water partition coefficient (Wildman–Crippen LogP) is 8.77. The average molecular weight is 537 g/mol. The molecule has 0 saturated heterocycles. The number of ether oxygens (including phenoxy) is 2. The van der Waals surface area contributed by atoms with Crippen molar-refractivity contribution in [3.63, 3.8) is 0 Å². The van der Waals surface area contributed by atoms with Crippen LogP contribution in [0.4, 0.5) is 10.5 Å². The van der Waals surface area contributed by atoms with Crippen LogP contribution in [0.1, 0.15) is 73.4 Å². The van der Waals surface area contributed by atoms with E-state index in [4.69, 9.17) is 9.47 Å². The topological polar surface area (TPSA) is 50.8 Å². The highest BCUT2D eigenvalue weighted by molar-refractivity contribution is 5.92. The molecule has 208 valence electrons. The van der Waals surface area contributed by atoms with Gasteiger partial charge in [-0.3, -0.25) is 0 Å². The molecule has 40 heavy (non-hydrogen) atoms. The first-order chi connectivity index (χ1) is 19.3. The minimum atomic E-state index is -0.316. The number of rotatable bonds is 10. The van der Waals surface area contributed by atoms with Gasteiger partial charge < -0.3 is 19.7 Å². The molecule has 0 radical (unpaired) electrons. The Labute approximate surface area is 238 Å². The molecule has 4 aromatic rings. The summed E-state index contributed by atoms with van der Waals surface area (Å²) < 4.78 is 11.0. The average Bonchev–Trinajstić information content (AvgIpc) is 2.97. The van der Waals surface area contributed by atoms with Gasteiger partial charge in [0.1, 0.15) is 0 Å². The molecule has 0 aromatic heterocycles. The molecule has 5 heteroatoms. The monoisotopic (exact) mass is 536 g/mol. The number of amides is 2. The Balaban J connectivity index is 1.85. The molecule has 4 rings (SSSR count). The third-order valence-corrected chi connectivity index (χ3v) is 7.21. The molecule has 0 aliphatic rings. The zero-order valence-corrected chi connectivity index (χ0v) is 24.3. The Morgan fingerprint density at radius 1 is 0.700 bits per heavy atom. The highest BCUT2D eigenvalue weighted by Gasteiger charge is 2.29. The third kappa shape index (κ3) is 6.48. The first-order valence-corrected chi connectivity index (χ1v) is 13.8. The Kier molecular flexibility index (Phi) is 9.49. The van der Waals surface area contributed by atoms with E-state index >= 15 is 0 Å². The van der Waals surface area contributed by atoms with Gasteiger partial charge in [-0.1, -0.05) is 113 Å². The van der Waals surface area contributed by atoms with Crippen LogP contribution in [0.2, 0.25) is 0 Å². The van der Waals surface area contributed by atoms with Crippen LogP contribution in [0.15, 0.2) is 97.1 Å². The Hall–Kier alpha value is -4.25. The van der Waals surface area contributed by atoms with Gasteiger partial charge in [0.25, 0.3) is 0 Å². The smallest absolute Gasteiger partial charge is 0.322 e. The highest BCUT2D eigenvalue weighted by atomic mass is 16.5. The number of hydrogen-bond acceptors (Lipinski definition) is 3. The fourth-order valence-electron chi connectivity index (χ4n) is 5.15. The molecule has 1 N–H and O–H groups in total. The number of anilines is 1.